The molecule has 3 amide bonds. The van der Waals surface area contributed by atoms with Gasteiger partial charge in [0.25, 0.3) is 5.91 Å². The molecule has 0 aliphatic heterocycles. The standard InChI is InChI=1S/C9H10ClN3O4/c10-3-8(16)13-5-9(17)12-4-6(14)1-2-7(11)15/h3-5H2,(H2,11,15)(H,12,17)(H,13,16). The zero-order chi connectivity index (χ0) is 13.3. The highest BCUT2D eigenvalue weighted by molar-refractivity contribution is 6.27. The molecule has 92 valence electrons. The van der Waals surface area contributed by atoms with Crippen LogP contribution in [0, 0.1) is 11.8 Å². The van der Waals surface area contributed by atoms with E-state index in [4.69, 9.17) is 11.6 Å². The molecule has 17 heavy (non-hydrogen) atoms. The molecule has 0 aliphatic rings. The molecule has 0 fully saturated rings. The minimum Gasteiger partial charge on any atom is -0.359 e. The first-order chi connectivity index (χ1) is 7.95. The van der Waals surface area contributed by atoms with Crippen molar-refractivity contribution >= 4 is 35.1 Å². The van der Waals surface area contributed by atoms with Crippen molar-refractivity contribution in [2.75, 3.05) is 19.0 Å². The molecule has 7 nitrogen and oxygen atoms in total. The van der Waals surface area contributed by atoms with Crippen LogP contribution in [0.1, 0.15) is 0 Å². The molecule has 4 N–H and O–H groups in total. The molecule has 0 saturated heterocycles. The van der Waals surface area contributed by atoms with Crippen LogP contribution in [0.5, 0.6) is 0 Å². The minimum absolute atomic E-state index is 0.254. The second kappa shape index (κ2) is 8.13. The fraction of sp³-hybridized carbons (Fsp3) is 0.333. The third-order valence-corrected chi connectivity index (χ3v) is 1.58. The fourth-order valence-corrected chi connectivity index (χ4v) is 0.737. The Morgan fingerprint density at radius 2 is 1.59 bits per heavy atom. The van der Waals surface area contributed by atoms with Crippen molar-refractivity contribution < 1.29 is 19.2 Å². The van der Waals surface area contributed by atoms with Crippen molar-refractivity contribution in [2.45, 2.75) is 0 Å². The molecule has 0 bridgehead atoms. The number of rotatable bonds is 5. The van der Waals surface area contributed by atoms with Crippen LogP contribution in [0.15, 0.2) is 0 Å². The Balaban J connectivity index is 3.86. The Kier molecular flexibility index (Phi) is 7.14. The lowest BCUT2D eigenvalue weighted by Crippen LogP contribution is -2.39. The maximum absolute atomic E-state index is 11.0. The van der Waals surface area contributed by atoms with Crippen molar-refractivity contribution in [3.63, 3.8) is 0 Å². The van der Waals surface area contributed by atoms with Gasteiger partial charge in [-0.3, -0.25) is 19.2 Å². The van der Waals surface area contributed by atoms with E-state index >= 15 is 0 Å². The minimum atomic E-state index is -0.931. The number of carbonyl (C=O) groups excluding carboxylic acids is 4. The number of ketones is 1. The summed E-state index contributed by atoms with van der Waals surface area (Å²) in [7, 11) is 0. The van der Waals surface area contributed by atoms with Gasteiger partial charge in [-0.15, -0.1) is 11.6 Å². The molecular weight excluding hydrogens is 250 g/mol. The molecule has 0 radical (unpaired) electrons. The molecule has 0 atom stereocenters. The molecule has 8 heteroatoms. The van der Waals surface area contributed by atoms with Crippen LogP contribution in [0.2, 0.25) is 0 Å². The topological polar surface area (TPSA) is 118 Å². The summed E-state index contributed by atoms with van der Waals surface area (Å²) in [6.07, 6.45) is 0. The SMILES string of the molecule is NC(=O)C#CC(=O)CNC(=O)CNC(=O)CCl. The van der Waals surface area contributed by atoms with Crippen LogP contribution >= 0.6 is 11.6 Å². The summed E-state index contributed by atoms with van der Waals surface area (Å²) in [5.74, 6) is 0.835. The zero-order valence-corrected chi connectivity index (χ0v) is 9.47. The van der Waals surface area contributed by atoms with Gasteiger partial charge < -0.3 is 16.4 Å². The Morgan fingerprint density at radius 1 is 1.00 bits per heavy atom. The molecule has 0 saturated carbocycles. The predicted octanol–water partition coefficient (Wildman–Crippen LogP) is -2.48. The summed E-state index contributed by atoms with van der Waals surface area (Å²) < 4.78 is 0. The maximum Gasteiger partial charge on any atom is 0.293 e. The summed E-state index contributed by atoms with van der Waals surface area (Å²) in [5, 5.41) is 4.39. The van der Waals surface area contributed by atoms with E-state index in [2.05, 4.69) is 16.4 Å². The van der Waals surface area contributed by atoms with Gasteiger partial charge in [0.15, 0.2) is 0 Å². The largest absolute Gasteiger partial charge is 0.359 e. The predicted molar refractivity (Wildman–Crippen MR) is 58.7 cm³/mol. The lowest BCUT2D eigenvalue weighted by molar-refractivity contribution is -0.125. The van der Waals surface area contributed by atoms with Crippen molar-refractivity contribution in [3.8, 4) is 11.8 Å². The summed E-state index contributed by atoms with van der Waals surface area (Å²) in [6, 6.07) is 0. The average molecular weight is 260 g/mol. The lowest BCUT2D eigenvalue weighted by atomic mass is 10.3. The normalized spacial score (nSPS) is 8.53. The van der Waals surface area contributed by atoms with Crippen molar-refractivity contribution in [2.24, 2.45) is 5.73 Å². The van der Waals surface area contributed by atoms with Gasteiger partial charge in [-0.2, -0.15) is 0 Å². The number of primary amides is 1. The van der Waals surface area contributed by atoms with E-state index in [0.717, 1.165) is 0 Å². The molecule has 0 heterocycles. The first-order valence-corrected chi connectivity index (χ1v) is 4.92. The van der Waals surface area contributed by atoms with Crippen molar-refractivity contribution in [1.82, 2.24) is 10.6 Å². The van der Waals surface area contributed by atoms with E-state index < -0.39 is 23.5 Å². The summed E-state index contributed by atoms with van der Waals surface area (Å²) >= 11 is 5.17. The van der Waals surface area contributed by atoms with Gasteiger partial charge in [0.05, 0.1) is 13.1 Å². The van der Waals surface area contributed by atoms with Crippen LogP contribution in [-0.4, -0.2) is 42.5 Å². The first-order valence-electron chi connectivity index (χ1n) is 4.39. The molecule has 0 aliphatic carbocycles. The number of nitrogens with one attached hydrogen (secondary N) is 2. The van der Waals surface area contributed by atoms with Crippen LogP contribution in [-0.2, 0) is 19.2 Å². The Hall–Kier alpha value is -2.07. The monoisotopic (exact) mass is 259 g/mol. The Bertz CT molecular complexity index is 397. The number of carbonyl (C=O) groups is 4. The summed E-state index contributed by atoms with van der Waals surface area (Å²) in [4.78, 5) is 42.9. The smallest absolute Gasteiger partial charge is 0.293 e. The number of halogens is 1. The molecule has 0 aromatic heterocycles. The second-order valence-corrected chi connectivity index (χ2v) is 2.99. The highest BCUT2D eigenvalue weighted by atomic mass is 35.5. The fourth-order valence-electron chi connectivity index (χ4n) is 0.643. The van der Waals surface area contributed by atoms with Gasteiger partial charge in [0.2, 0.25) is 17.6 Å². The van der Waals surface area contributed by atoms with E-state index in [0.29, 0.717) is 0 Å². The van der Waals surface area contributed by atoms with Gasteiger partial charge in [-0.25, -0.2) is 0 Å². The van der Waals surface area contributed by atoms with E-state index in [1.54, 1.807) is 0 Å². The van der Waals surface area contributed by atoms with Gasteiger partial charge in [-0.1, -0.05) is 0 Å². The van der Waals surface area contributed by atoms with E-state index in [-0.39, 0.29) is 19.0 Å². The number of amides is 3. The van der Waals surface area contributed by atoms with Gasteiger partial charge in [0.1, 0.15) is 5.88 Å². The van der Waals surface area contributed by atoms with Gasteiger partial charge in [-0.05, 0) is 5.92 Å². The maximum atomic E-state index is 11.0. The van der Waals surface area contributed by atoms with Gasteiger partial charge >= 0.3 is 0 Å². The molecule has 0 aromatic rings. The van der Waals surface area contributed by atoms with E-state index in [9.17, 15) is 19.2 Å². The molecule has 0 spiro atoms. The van der Waals surface area contributed by atoms with Crippen LogP contribution < -0.4 is 16.4 Å². The lowest BCUT2D eigenvalue weighted by Gasteiger charge is -2.03. The number of hydrogen-bond donors (Lipinski definition) is 3. The van der Waals surface area contributed by atoms with Gasteiger partial charge in [0, 0.05) is 5.92 Å². The second-order valence-electron chi connectivity index (χ2n) is 2.72. The summed E-state index contributed by atoms with van der Waals surface area (Å²) in [5.41, 5.74) is 4.68. The van der Waals surface area contributed by atoms with Crippen LogP contribution in [0.4, 0.5) is 0 Å². The van der Waals surface area contributed by atoms with Crippen LogP contribution in [0.25, 0.3) is 0 Å². The molecule has 0 rings (SSSR count). The van der Waals surface area contributed by atoms with E-state index in [1.165, 1.54) is 0 Å². The van der Waals surface area contributed by atoms with E-state index in [1.807, 2.05) is 11.8 Å². The molecular formula is C9H10ClN3O4. The first kappa shape index (κ1) is 14.9. The molecule has 0 aromatic carbocycles. The Labute approximate surface area is 102 Å². The highest BCUT2D eigenvalue weighted by Gasteiger charge is 2.05. The number of alkyl halides is 1. The highest BCUT2D eigenvalue weighted by Crippen LogP contribution is 1.74. The summed E-state index contributed by atoms with van der Waals surface area (Å²) in [6.45, 7) is -0.655. The third kappa shape index (κ3) is 8.89. The quantitative estimate of drug-likeness (QED) is 0.288. The molecule has 0 unspecified atom stereocenters. The van der Waals surface area contributed by atoms with Crippen molar-refractivity contribution in [3.05, 3.63) is 0 Å². The average Bonchev–Trinajstić information content (AvgIpc) is 2.30. The third-order valence-electron chi connectivity index (χ3n) is 1.34. The van der Waals surface area contributed by atoms with Crippen LogP contribution in [0.3, 0.4) is 0 Å². The Morgan fingerprint density at radius 3 is 2.12 bits per heavy atom. The number of nitrogens with two attached hydrogens (primary N) is 1. The zero-order valence-electron chi connectivity index (χ0n) is 8.71. The number of hydrogen-bond acceptors (Lipinski definition) is 4. The van der Waals surface area contributed by atoms with Crippen molar-refractivity contribution in [1.29, 1.82) is 0 Å². The number of Topliss-reactive ketones (excluding diaryl/α,β-unsaturated/α-hetero) is 1.